The normalized spacial score (nSPS) is 24.3. The maximum absolute atomic E-state index is 6.14. The van der Waals surface area contributed by atoms with Gasteiger partial charge in [0, 0.05) is 16.2 Å². The second-order valence-electron chi connectivity index (χ2n) is 5.98. The maximum Gasteiger partial charge on any atom is 0.0568 e. The Morgan fingerprint density at radius 3 is 2.68 bits per heavy atom. The number of hydrogen-bond donors (Lipinski definition) is 1. The molecular weight excluding hydrogens is 322 g/mol. The van der Waals surface area contributed by atoms with Crippen LogP contribution in [0, 0.1) is 11.8 Å². The first kappa shape index (κ1) is 15.2. The van der Waals surface area contributed by atoms with E-state index in [1.54, 1.807) is 0 Å². The van der Waals surface area contributed by atoms with Gasteiger partial charge in [0.25, 0.3) is 0 Å². The van der Waals surface area contributed by atoms with Crippen molar-refractivity contribution < 1.29 is 0 Å². The lowest BCUT2D eigenvalue weighted by molar-refractivity contribution is 0.341. The molecule has 1 aliphatic rings. The minimum absolute atomic E-state index is 0.598. The molecule has 2 unspecified atom stereocenters. The van der Waals surface area contributed by atoms with Crippen molar-refractivity contribution in [2.45, 2.75) is 52.0 Å². The molecule has 3 heteroatoms. The Labute approximate surface area is 130 Å². The van der Waals surface area contributed by atoms with Gasteiger partial charge >= 0.3 is 0 Å². The van der Waals surface area contributed by atoms with Crippen molar-refractivity contribution in [3.8, 4) is 0 Å². The van der Waals surface area contributed by atoms with Gasteiger partial charge in [0.05, 0.1) is 5.02 Å². The van der Waals surface area contributed by atoms with Crippen LogP contribution >= 0.6 is 27.5 Å². The predicted octanol–water partition coefficient (Wildman–Crippen LogP) is 6.12. The molecule has 2 rings (SSSR count). The van der Waals surface area contributed by atoms with Crippen LogP contribution < -0.4 is 5.32 Å². The molecule has 0 bridgehead atoms. The highest BCUT2D eigenvalue weighted by molar-refractivity contribution is 9.10. The van der Waals surface area contributed by atoms with Gasteiger partial charge < -0.3 is 5.32 Å². The van der Waals surface area contributed by atoms with Gasteiger partial charge in [-0.3, -0.25) is 0 Å². The fourth-order valence-corrected chi connectivity index (χ4v) is 3.39. The Morgan fingerprint density at radius 1 is 1.21 bits per heavy atom. The van der Waals surface area contributed by atoms with E-state index in [1.165, 1.54) is 32.1 Å². The highest BCUT2D eigenvalue weighted by Crippen LogP contribution is 2.31. The molecule has 1 aliphatic carbocycles. The van der Waals surface area contributed by atoms with Crippen molar-refractivity contribution in [2.75, 3.05) is 5.32 Å². The summed E-state index contributed by atoms with van der Waals surface area (Å²) < 4.78 is 0.959. The van der Waals surface area contributed by atoms with Crippen molar-refractivity contribution in [1.29, 1.82) is 0 Å². The number of nitrogens with one attached hydrogen (secondary N) is 1. The summed E-state index contributed by atoms with van der Waals surface area (Å²) in [5.74, 6) is 1.72. The SMILES string of the molecule is CC(C)C1CCCC(Nc2ccc(Br)c(Cl)c2)CC1. The van der Waals surface area contributed by atoms with Gasteiger partial charge in [0.1, 0.15) is 0 Å². The Morgan fingerprint density at radius 2 is 2.00 bits per heavy atom. The van der Waals surface area contributed by atoms with Gasteiger partial charge in [-0.15, -0.1) is 0 Å². The molecule has 0 aliphatic heterocycles. The van der Waals surface area contributed by atoms with Gasteiger partial charge in [-0.05, 0) is 65.2 Å². The van der Waals surface area contributed by atoms with Crippen molar-refractivity contribution in [1.82, 2.24) is 0 Å². The molecule has 0 heterocycles. The van der Waals surface area contributed by atoms with Crippen molar-refractivity contribution >= 4 is 33.2 Å². The molecule has 0 aromatic heterocycles. The van der Waals surface area contributed by atoms with Crippen molar-refractivity contribution in [2.24, 2.45) is 11.8 Å². The van der Waals surface area contributed by atoms with Gasteiger partial charge in [0.2, 0.25) is 0 Å². The van der Waals surface area contributed by atoms with Crippen LogP contribution in [-0.2, 0) is 0 Å². The minimum atomic E-state index is 0.598. The number of benzene rings is 1. The molecule has 1 saturated carbocycles. The van der Waals surface area contributed by atoms with Crippen LogP contribution in [0.1, 0.15) is 46.0 Å². The van der Waals surface area contributed by atoms with Crippen LogP contribution in [0.25, 0.3) is 0 Å². The summed E-state index contributed by atoms with van der Waals surface area (Å²) in [6.07, 6.45) is 6.62. The molecule has 1 N–H and O–H groups in total. The molecule has 0 saturated heterocycles. The minimum Gasteiger partial charge on any atom is -0.382 e. The van der Waals surface area contributed by atoms with Crippen LogP contribution in [0.2, 0.25) is 5.02 Å². The first-order valence-corrected chi connectivity index (χ1v) is 8.45. The Balaban J connectivity index is 1.94. The van der Waals surface area contributed by atoms with E-state index in [0.717, 1.165) is 27.0 Å². The lowest BCUT2D eigenvalue weighted by Crippen LogP contribution is -2.18. The molecule has 1 fully saturated rings. The molecule has 1 aromatic carbocycles. The monoisotopic (exact) mass is 343 g/mol. The molecule has 0 radical (unpaired) electrons. The molecule has 1 nitrogen and oxygen atoms in total. The number of rotatable bonds is 3. The van der Waals surface area contributed by atoms with Gasteiger partial charge in [-0.2, -0.15) is 0 Å². The topological polar surface area (TPSA) is 12.0 Å². The third-order valence-electron chi connectivity index (χ3n) is 4.25. The van der Waals surface area contributed by atoms with E-state index in [2.05, 4.69) is 41.2 Å². The van der Waals surface area contributed by atoms with Crippen LogP contribution in [0.3, 0.4) is 0 Å². The summed E-state index contributed by atoms with van der Waals surface area (Å²) in [6.45, 7) is 4.71. The van der Waals surface area contributed by atoms with Crippen LogP contribution in [-0.4, -0.2) is 6.04 Å². The number of halogens is 2. The first-order chi connectivity index (χ1) is 9.06. The largest absolute Gasteiger partial charge is 0.382 e. The van der Waals surface area contributed by atoms with E-state index >= 15 is 0 Å². The highest BCUT2D eigenvalue weighted by atomic mass is 79.9. The molecule has 19 heavy (non-hydrogen) atoms. The summed E-state index contributed by atoms with van der Waals surface area (Å²) in [6, 6.07) is 6.72. The van der Waals surface area contributed by atoms with Gasteiger partial charge in [0.15, 0.2) is 0 Å². The third kappa shape index (κ3) is 4.39. The fraction of sp³-hybridized carbons (Fsp3) is 0.625. The van der Waals surface area contributed by atoms with Gasteiger partial charge in [-0.1, -0.05) is 38.3 Å². The zero-order chi connectivity index (χ0) is 13.8. The lowest BCUT2D eigenvalue weighted by atomic mass is 9.89. The standard InChI is InChI=1S/C16H23BrClN/c1-11(2)12-4-3-5-13(7-6-12)19-14-8-9-15(17)16(18)10-14/h8-13,19H,3-7H2,1-2H3. The van der Waals surface area contributed by atoms with Crippen molar-refractivity contribution in [3.63, 3.8) is 0 Å². The first-order valence-electron chi connectivity index (χ1n) is 7.28. The summed E-state index contributed by atoms with van der Waals surface area (Å²) in [4.78, 5) is 0. The van der Waals surface area contributed by atoms with E-state index in [1.807, 2.05) is 12.1 Å². The van der Waals surface area contributed by atoms with Crippen molar-refractivity contribution in [3.05, 3.63) is 27.7 Å². The summed E-state index contributed by atoms with van der Waals surface area (Å²) >= 11 is 9.57. The van der Waals surface area contributed by atoms with Crippen LogP contribution in [0.15, 0.2) is 22.7 Å². The Bertz CT molecular complexity index is 419. The molecule has 106 valence electrons. The van der Waals surface area contributed by atoms with E-state index < -0.39 is 0 Å². The van der Waals surface area contributed by atoms with E-state index in [-0.39, 0.29) is 0 Å². The molecular formula is C16H23BrClN. The van der Waals surface area contributed by atoms with Crippen LogP contribution in [0.5, 0.6) is 0 Å². The predicted molar refractivity (Wildman–Crippen MR) is 88.0 cm³/mol. The second kappa shape index (κ2) is 6.99. The smallest absolute Gasteiger partial charge is 0.0568 e. The van der Waals surface area contributed by atoms with Gasteiger partial charge in [-0.25, -0.2) is 0 Å². The number of anilines is 1. The maximum atomic E-state index is 6.14. The zero-order valence-corrected chi connectivity index (χ0v) is 14.1. The average Bonchev–Trinajstić information content (AvgIpc) is 2.59. The third-order valence-corrected chi connectivity index (χ3v) is 5.48. The summed E-state index contributed by atoms with van der Waals surface area (Å²) in [5, 5.41) is 4.42. The molecule has 2 atom stereocenters. The molecule has 1 aromatic rings. The average molecular weight is 345 g/mol. The molecule has 0 spiro atoms. The second-order valence-corrected chi connectivity index (χ2v) is 7.24. The quantitative estimate of drug-likeness (QED) is 0.651. The van der Waals surface area contributed by atoms with E-state index in [9.17, 15) is 0 Å². The Hall–Kier alpha value is -0.210. The van der Waals surface area contributed by atoms with E-state index in [4.69, 9.17) is 11.6 Å². The molecule has 0 amide bonds. The van der Waals surface area contributed by atoms with E-state index in [0.29, 0.717) is 6.04 Å². The zero-order valence-electron chi connectivity index (χ0n) is 11.8. The summed E-state index contributed by atoms with van der Waals surface area (Å²) in [7, 11) is 0. The lowest BCUT2D eigenvalue weighted by Gasteiger charge is -2.20. The fourth-order valence-electron chi connectivity index (χ4n) is 2.96. The Kier molecular flexibility index (Phi) is 5.58. The summed E-state index contributed by atoms with van der Waals surface area (Å²) in [5.41, 5.74) is 1.14. The highest BCUT2D eigenvalue weighted by Gasteiger charge is 2.20. The number of hydrogen-bond acceptors (Lipinski definition) is 1. The van der Waals surface area contributed by atoms with Crippen LogP contribution in [0.4, 0.5) is 5.69 Å².